The van der Waals surface area contributed by atoms with Gasteiger partial charge in [0.2, 0.25) is 5.91 Å². The van der Waals surface area contributed by atoms with Crippen LogP contribution in [0.1, 0.15) is 62.8 Å². The van der Waals surface area contributed by atoms with Gasteiger partial charge in [-0.2, -0.15) is 0 Å². The minimum atomic E-state index is 0.276. The second-order valence-electron chi connectivity index (χ2n) is 8.89. The molecule has 0 aromatic carbocycles. The number of likely N-dealkylation sites (tertiary alicyclic amines) is 2. The smallest absolute Gasteiger partial charge is 0.225 e. The molecule has 3 aliphatic rings. The van der Waals surface area contributed by atoms with Gasteiger partial charge in [0.05, 0.1) is 12.6 Å². The summed E-state index contributed by atoms with van der Waals surface area (Å²) < 4.78 is 0. The molecule has 2 atom stereocenters. The van der Waals surface area contributed by atoms with Crippen molar-refractivity contribution < 1.29 is 4.79 Å². The highest BCUT2D eigenvalue weighted by molar-refractivity contribution is 7.10. The quantitative estimate of drug-likeness (QED) is 0.514. The monoisotopic (exact) mass is 431 g/mol. The van der Waals surface area contributed by atoms with Crippen LogP contribution in [0.4, 0.5) is 0 Å². The summed E-state index contributed by atoms with van der Waals surface area (Å²) in [6.07, 6.45) is 8.17. The second kappa shape index (κ2) is 10.6. The van der Waals surface area contributed by atoms with E-state index in [-0.39, 0.29) is 5.92 Å². The van der Waals surface area contributed by atoms with Crippen LogP contribution < -0.4 is 10.6 Å². The maximum atomic E-state index is 12.7. The largest absolute Gasteiger partial charge is 0.357 e. The Morgan fingerprint density at radius 2 is 2.00 bits per heavy atom. The van der Waals surface area contributed by atoms with Gasteiger partial charge in [0.1, 0.15) is 0 Å². The Hall–Kier alpha value is -1.60. The van der Waals surface area contributed by atoms with E-state index in [0.717, 1.165) is 51.4 Å². The highest BCUT2D eigenvalue weighted by Crippen LogP contribution is 2.29. The van der Waals surface area contributed by atoms with Gasteiger partial charge in [-0.25, -0.2) is 0 Å². The van der Waals surface area contributed by atoms with Crippen molar-refractivity contribution in [1.29, 1.82) is 0 Å². The predicted octanol–water partition coefficient (Wildman–Crippen LogP) is 3.23. The number of guanidine groups is 1. The average molecular weight is 432 g/mol. The van der Waals surface area contributed by atoms with Crippen LogP contribution >= 0.6 is 11.3 Å². The lowest BCUT2D eigenvalue weighted by atomic mass is 10.1. The molecule has 3 fully saturated rings. The molecule has 2 N–H and O–H groups in total. The molecule has 30 heavy (non-hydrogen) atoms. The highest BCUT2D eigenvalue weighted by atomic mass is 32.1. The van der Waals surface area contributed by atoms with Crippen molar-refractivity contribution in [2.45, 2.75) is 64.0 Å². The standard InChI is InChI=1S/C23H37N5OS/c1-2-24-23(25-16-20(21-10-7-15-30-21)27-12-5-6-13-27)26-19-11-14-28(17-19)22(29)18-8-3-4-9-18/h7,10,15,18-20H,2-6,8-9,11-14,16-17H2,1H3,(H2,24,25,26). The van der Waals surface area contributed by atoms with Crippen LogP contribution in [0.15, 0.2) is 22.5 Å². The van der Waals surface area contributed by atoms with Crippen LogP contribution in [0.2, 0.25) is 0 Å². The van der Waals surface area contributed by atoms with E-state index in [1.807, 2.05) is 11.3 Å². The number of thiophene rings is 1. The van der Waals surface area contributed by atoms with E-state index in [9.17, 15) is 4.79 Å². The maximum absolute atomic E-state index is 12.7. The Morgan fingerprint density at radius 3 is 2.70 bits per heavy atom. The molecule has 6 nitrogen and oxygen atoms in total. The first-order valence-corrected chi connectivity index (χ1v) is 12.7. The van der Waals surface area contributed by atoms with E-state index in [4.69, 9.17) is 4.99 Å². The topological polar surface area (TPSA) is 60.0 Å². The third kappa shape index (κ3) is 5.35. The van der Waals surface area contributed by atoms with E-state index >= 15 is 0 Å². The molecule has 0 spiro atoms. The van der Waals surface area contributed by atoms with E-state index in [1.165, 1.54) is 43.6 Å². The lowest BCUT2D eigenvalue weighted by molar-refractivity contribution is -0.134. The third-order valence-electron chi connectivity index (χ3n) is 6.76. The number of aliphatic imine (C=N–C) groups is 1. The van der Waals surface area contributed by atoms with Gasteiger partial charge in [-0.3, -0.25) is 14.7 Å². The molecule has 166 valence electrons. The Morgan fingerprint density at radius 1 is 1.20 bits per heavy atom. The summed E-state index contributed by atoms with van der Waals surface area (Å²) >= 11 is 1.84. The number of amides is 1. The molecular weight excluding hydrogens is 394 g/mol. The normalized spacial score (nSPS) is 24.5. The predicted molar refractivity (Wildman–Crippen MR) is 124 cm³/mol. The minimum Gasteiger partial charge on any atom is -0.357 e. The van der Waals surface area contributed by atoms with Crippen molar-refractivity contribution in [3.63, 3.8) is 0 Å². The summed E-state index contributed by atoms with van der Waals surface area (Å²) in [6, 6.07) is 5.05. The zero-order valence-electron chi connectivity index (χ0n) is 18.3. The number of rotatable bonds is 7. The third-order valence-corrected chi connectivity index (χ3v) is 7.74. The van der Waals surface area contributed by atoms with Gasteiger partial charge in [0, 0.05) is 36.5 Å². The summed E-state index contributed by atoms with van der Waals surface area (Å²) in [4.78, 5) is 23.8. The summed E-state index contributed by atoms with van der Waals surface area (Å²) in [6.45, 7) is 7.74. The fraction of sp³-hybridized carbons (Fsp3) is 0.739. The number of carbonyl (C=O) groups is 1. The molecule has 1 aromatic heterocycles. The van der Waals surface area contributed by atoms with E-state index in [0.29, 0.717) is 18.0 Å². The summed E-state index contributed by atoms with van der Waals surface area (Å²) in [5.41, 5.74) is 0. The van der Waals surface area contributed by atoms with E-state index in [2.05, 4.69) is 44.9 Å². The van der Waals surface area contributed by atoms with Crippen molar-refractivity contribution in [3.05, 3.63) is 22.4 Å². The Balaban J connectivity index is 1.35. The molecule has 1 amide bonds. The first-order valence-electron chi connectivity index (χ1n) is 11.9. The van der Waals surface area contributed by atoms with Crippen molar-refractivity contribution >= 4 is 23.2 Å². The van der Waals surface area contributed by atoms with Gasteiger partial charge in [0.15, 0.2) is 5.96 Å². The van der Waals surface area contributed by atoms with Gasteiger partial charge in [-0.05, 0) is 63.6 Å². The van der Waals surface area contributed by atoms with Crippen molar-refractivity contribution in [1.82, 2.24) is 20.4 Å². The molecule has 0 radical (unpaired) electrons. The molecule has 1 aromatic rings. The number of carbonyl (C=O) groups excluding carboxylic acids is 1. The number of hydrogen-bond donors (Lipinski definition) is 2. The second-order valence-corrected chi connectivity index (χ2v) is 9.87. The van der Waals surface area contributed by atoms with Crippen molar-refractivity contribution in [2.24, 2.45) is 10.9 Å². The lowest BCUT2D eigenvalue weighted by Crippen LogP contribution is -2.45. The van der Waals surface area contributed by atoms with Gasteiger partial charge in [-0.1, -0.05) is 18.9 Å². The van der Waals surface area contributed by atoms with Gasteiger partial charge >= 0.3 is 0 Å². The summed E-state index contributed by atoms with van der Waals surface area (Å²) in [7, 11) is 0. The van der Waals surface area contributed by atoms with Crippen LogP contribution in [0.3, 0.4) is 0 Å². The van der Waals surface area contributed by atoms with Crippen LogP contribution in [-0.4, -0.2) is 67.0 Å². The molecule has 4 rings (SSSR count). The van der Waals surface area contributed by atoms with Crippen LogP contribution in [-0.2, 0) is 4.79 Å². The number of nitrogens with one attached hydrogen (secondary N) is 2. The van der Waals surface area contributed by atoms with E-state index < -0.39 is 0 Å². The maximum Gasteiger partial charge on any atom is 0.225 e. The molecule has 3 heterocycles. The fourth-order valence-electron chi connectivity index (χ4n) is 5.12. The minimum absolute atomic E-state index is 0.276. The van der Waals surface area contributed by atoms with Crippen LogP contribution in [0.5, 0.6) is 0 Å². The molecular formula is C23H37N5OS. The highest BCUT2D eigenvalue weighted by Gasteiger charge is 2.32. The van der Waals surface area contributed by atoms with Crippen LogP contribution in [0, 0.1) is 5.92 Å². The Bertz CT molecular complexity index is 694. The number of hydrogen-bond acceptors (Lipinski definition) is 4. The van der Waals surface area contributed by atoms with Crippen molar-refractivity contribution in [3.8, 4) is 0 Å². The first-order chi connectivity index (χ1) is 14.7. The molecule has 0 bridgehead atoms. The zero-order valence-corrected chi connectivity index (χ0v) is 19.1. The van der Waals surface area contributed by atoms with E-state index in [1.54, 1.807) is 0 Å². The summed E-state index contributed by atoms with van der Waals surface area (Å²) in [5, 5.41) is 9.20. The fourth-order valence-corrected chi connectivity index (χ4v) is 5.97. The zero-order chi connectivity index (χ0) is 20.8. The molecule has 1 aliphatic carbocycles. The molecule has 2 unspecified atom stereocenters. The van der Waals surface area contributed by atoms with Gasteiger partial charge in [0.25, 0.3) is 0 Å². The van der Waals surface area contributed by atoms with Crippen molar-refractivity contribution in [2.75, 3.05) is 39.3 Å². The molecule has 2 aliphatic heterocycles. The first kappa shape index (κ1) is 21.6. The molecule has 2 saturated heterocycles. The van der Waals surface area contributed by atoms with Gasteiger partial charge < -0.3 is 15.5 Å². The van der Waals surface area contributed by atoms with Crippen LogP contribution in [0.25, 0.3) is 0 Å². The summed E-state index contributed by atoms with van der Waals surface area (Å²) in [5.74, 6) is 1.54. The Labute approximate surface area is 185 Å². The van der Waals surface area contributed by atoms with Gasteiger partial charge in [-0.15, -0.1) is 11.3 Å². The number of nitrogens with zero attached hydrogens (tertiary/aromatic N) is 3. The molecule has 7 heteroatoms. The Kier molecular flexibility index (Phi) is 7.66. The average Bonchev–Trinajstić information content (AvgIpc) is 3.57. The lowest BCUT2D eigenvalue weighted by Gasteiger charge is -2.26. The molecule has 1 saturated carbocycles. The SMILES string of the molecule is CCNC(=NCC(c1cccs1)N1CCCC1)NC1CCN(C(=O)C2CCCC2)C1.